The van der Waals surface area contributed by atoms with Gasteiger partial charge < -0.3 is 5.53 Å². The van der Waals surface area contributed by atoms with Crippen molar-refractivity contribution in [1.82, 2.24) is 0 Å². The highest BCUT2D eigenvalue weighted by atomic mass is 14.9. The largest absolute Gasteiger partial charge is 0.361 e. The molecule has 2 atom stereocenters. The molecule has 6 rings (SSSR count). The summed E-state index contributed by atoms with van der Waals surface area (Å²) in [4.78, 5) is 4.23. The highest BCUT2D eigenvalue weighted by Crippen LogP contribution is 2.46. The smallest absolute Gasteiger partial charge is 0.330 e. The third kappa shape index (κ3) is 4.19. The first-order chi connectivity index (χ1) is 19.1. The van der Waals surface area contributed by atoms with Gasteiger partial charge in [0.25, 0.3) is 0 Å². The lowest BCUT2D eigenvalue weighted by molar-refractivity contribution is -0.00306. The van der Waals surface area contributed by atoms with Crippen molar-refractivity contribution >= 4 is 5.71 Å². The Morgan fingerprint density at radius 3 is 1.49 bits per heavy atom. The minimum Gasteiger partial charge on any atom is -0.361 e. The molecule has 0 spiro atoms. The standard InChI is InChI=1S/C37H38N2/c1-5-11-23(3)27-17-19-31-29-15-9-7-13-25(29)21-33(31)35(27)37(39-38)36-28(24(4)12-6-2)18-20-32-30-16-10-8-14-26(30)22-34(32)36/h7-10,13-20,23-24H,5-6,11-12,21-22H2,1-4H3. The number of nitrogens with zero attached hydrogens (tertiary/aromatic N) is 2. The average molecular weight is 511 g/mol. The van der Waals surface area contributed by atoms with Crippen LogP contribution in [0, 0.1) is 0 Å². The van der Waals surface area contributed by atoms with Gasteiger partial charge in [0, 0.05) is 0 Å². The molecule has 2 aliphatic carbocycles. The molecule has 196 valence electrons. The second-order valence-corrected chi connectivity index (χ2v) is 11.6. The van der Waals surface area contributed by atoms with E-state index in [4.69, 9.17) is 0 Å². The van der Waals surface area contributed by atoms with Gasteiger partial charge in [-0.25, -0.2) is 0 Å². The van der Waals surface area contributed by atoms with Gasteiger partial charge in [-0.1, -0.05) is 113 Å². The molecule has 0 saturated carbocycles. The van der Waals surface area contributed by atoms with Crippen LogP contribution in [0.5, 0.6) is 0 Å². The van der Waals surface area contributed by atoms with Gasteiger partial charge >= 0.3 is 5.71 Å². The van der Waals surface area contributed by atoms with Crippen LogP contribution in [0.25, 0.3) is 27.8 Å². The van der Waals surface area contributed by atoms with E-state index in [0.29, 0.717) is 11.8 Å². The van der Waals surface area contributed by atoms with Crippen molar-refractivity contribution in [2.24, 2.45) is 0 Å². The van der Waals surface area contributed by atoms with Gasteiger partial charge in [0.15, 0.2) is 0 Å². The topological polar surface area (TPSA) is 36.4 Å². The number of benzene rings is 4. The number of hydrogen-bond acceptors (Lipinski definition) is 0. The maximum absolute atomic E-state index is 11.0. The monoisotopic (exact) mass is 510 g/mol. The van der Waals surface area contributed by atoms with E-state index in [-0.39, 0.29) is 0 Å². The lowest BCUT2D eigenvalue weighted by Crippen LogP contribution is -2.18. The molecule has 2 aliphatic rings. The van der Waals surface area contributed by atoms with Crippen molar-refractivity contribution < 1.29 is 4.79 Å². The Hall–Kier alpha value is -3.74. The second-order valence-electron chi connectivity index (χ2n) is 11.6. The van der Waals surface area contributed by atoms with Gasteiger partial charge in [-0.3, -0.25) is 0 Å². The summed E-state index contributed by atoms with van der Waals surface area (Å²) in [5, 5.41) is 0. The van der Waals surface area contributed by atoms with Gasteiger partial charge in [0.1, 0.15) is 0 Å². The van der Waals surface area contributed by atoms with E-state index in [0.717, 1.165) is 55.4 Å². The predicted octanol–water partition coefficient (Wildman–Crippen LogP) is 9.70. The van der Waals surface area contributed by atoms with Crippen LogP contribution in [0.15, 0.2) is 72.8 Å². The third-order valence-electron chi connectivity index (χ3n) is 9.12. The first-order valence-electron chi connectivity index (χ1n) is 14.8. The Bertz CT molecular complexity index is 1500. The predicted molar refractivity (Wildman–Crippen MR) is 163 cm³/mol. The summed E-state index contributed by atoms with van der Waals surface area (Å²) in [6, 6.07) is 26.8. The quantitative estimate of drug-likeness (QED) is 0.111. The fourth-order valence-corrected chi connectivity index (χ4v) is 7.24. The molecule has 2 heteroatoms. The minimum absolute atomic E-state index is 0.376. The van der Waals surface area contributed by atoms with Crippen LogP contribution in [0.1, 0.15) is 110 Å². The summed E-state index contributed by atoms with van der Waals surface area (Å²) in [5.41, 5.74) is 27.2. The molecule has 39 heavy (non-hydrogen) atoms. The molecule has 0 N–H and O–H groups in total. The first-order valence-corrected chi connectivity index (χ1v) is 14.8. The number of hydrogen-bond donors (Lipinski definition) is 0. The normalized spacial score (nSPS) is 14.2. The van der Waals surface area contributed by atoms with Crippen molar-refractivity contribution in [3.63, 3.8) is 0 Å². The molecule has 2 nitrogen and oxygen atoms in total. The average Bonchev–Trinajstić information content (AvgIpc) is 3.52. The van der Waals surface area contributed by atoms with E-state index in [1.54, 1.807) is 0 Å². The molecule has 0 fully saturated rings. The maximum atomic E-state index is 11.0. The van der Waals surface area contributed by atoms with Crippen molar-refractivity contribution in [1.29, 1.82) is 0 Å². The van der Waals surface area contributed by atoms with Crippen LogP contribution in [0.4, 0.5) is 0 Å². The zero-order chi connectivity index (χ0) is 27.1. The Labute approximate surface area is 233 Å². The Balaban J connectivity index is 1.64. The van der Waals surface area contributed by atoms with E-state index in [1.165, 1.54) is 55.6 Å². The van der Waals surface area contributed by atoms with Crippen molar-refractivity contribution in [3.05, 3.63) is 123 Å². The molecular weight excluding hydrogens is 472 g/mol. The molecular formula is C37H38N2. The summed E-state index contributed by atoms with van der Waals surface area (Å²) < 4.78 is 0. The van der Waals surface area contributed by atoms with Gasteiger partial charge in [0.2, 0.25) is 0 Å². The first kappa shape index (κ1) is 25.5. The van der Waals surface area contributed by atoms with Crippen LogP contribution >= 0.6 is 0 Å². The molecule has 0 aliphatic heterocycles. The molecule has 4 aromatic carbocycles. The Kier molecular flexibility index (Phi) is 6.83. The van der Waals surface area contributed by atoms with Gasteiger partial charge in [0.05, 0.1) is 11.1 Å². The van der Waals surface area contributed by atoms with E-state index in [1.807, 2.05) is 0 Å². The highest BCUT2D eigenvalue weighted by molar-refractivity contribution is 6.15. The summed E-state index contributed by atoms with van der Waals surface area (Å²) in [6.07, 6.45) is 6.21. The summed E-state index contributed by atoms with van der Waals surface area (Å²) >= 11 is 0. The van der Waals surface area contributed by atoms with Crippen molar-refractivity contribution in [2.45, 2.75) is 78.1 Å². The zero-order valence-corrected chi connectivity index (χ0v) is 23.7. The lowest BCUT2D eigenvalue weighted by atomic mass is 9.79. The SMILES string of the molecule is CCCC(C)c1ccc2c(c1C(=[N+]=[N-])c1c(C(C)CCC)ccc3c1Cc1ccccc1-3)Cc1ccccc1-2. The van der Waals surface area contributed by atoms with E-state index in [2.05, 4.69) is 105 Å². The molecule has 0 bridgehead atoms. The molecule has 0 saturated heterocycles. The van der Waals surface area contributed by atoms with E-state index < -0.39 is 0 Å². The van der Waals surface area contributed by atoms with Gasteiger partial charge in [-0.05, 0) is 93.2 Å². The van der Waals surface area contributed by atoms with Crippen LogP contribution in [0.2, 0.25) is 0 Å². The third-order valence-corrected chi connectivity index (χ3v) is 9.12. The summed E-state index contributed by atoms with van der Waals surface area (Å²) in [7, 11) is 0. The summed E-state index contributed by atoms with van der Waals surface area (Å²) in [5.74, 6) is 0.752. The Morgan fingerprint density at radius 2 is 1.08 bits per heavy atom. The zero-order valence-electron chi connectivity index (χ0n) is 23.7. The van der Waals surface area contributed by atoms with Crippen LogP contribution in [-0.4, -0.2) is 10.5 Å². The molecule has 0 radical (unpaired) electrons. The molecule has 0 heterocycles. The van der Waals surface area contributed by atoms with E-state index in [9.17, 15) is 5.53 Å². The van der Waals surface area contributed by atoms with Crippen molar-refractivity contribution in [2.75, 3.05) is 0 Å². The summed E-state index contributed by atoms with van der Waals surface area (Å²) in [6.45, 7) is 9.17. The van der Waals surface area contributed by atoms with Crippen LogP contribution in [-0.2, 0) is 12.8 Å². The maximum Gasteiger partial charge on any atom is 0.330 e. The van der Waals surface area contributed by atoms with Crippen molar-refractivity contribution in [3.8, 4) is 22.3 Å². The number of rotatable bonds is 8. The molecule has 2 unspecified atom stereocenters. The molecule has 0 amide bonds. The fraction of sp³-hybridized carbons (Fsp3) is 0.324. The van der Waals surface area contributed by atoms with Gasteiger partial charge in [-0.15, -0.1) is 0 Å². The van der Waals surface area contributed by atoms with Crippen LogP contribution < -0.4 is 0 Å². The van der Waals surface area contributed by atoms with Gasteiger partial charge in [-0.2, -0.15) is 4.79 Å². The number of fused-ring (bicyclic) bond motifs is 6. The lowest BCUT2D eigenvalue weighted by Gasteiger charge is -2.21. The molecule has 4 aromatic rings. The molecule has 0 aromatic heterocycles. The minimum atomic E-state index is 0.376. The van der Waals surface area contributed by atoms with Crippen LogP contribution in [0.3, 0.4) is 0 Å². The second kappa shape index (κ2) is 10.4. The fourth-order valence-electron chi connectivity index (χ4n) is 7.24. The Morgan fingerprint density at radius 1 is 0.641 bits per heavy atom. The van der Waals surface area contributed by atoms with E-state index >= 15 is 0 Å². The highest BCUT2D eigenvalue weighted by Gasteiger charge is 2.36.